The zero-order chi connectivity index (χ0) is 18.8. The highest BCUT2D eigenvalue weighted by atomic mass is 35.5. The number of hydrogen-bond acceptors (Lipinski definition) is 3. The molecule has 26 heavy (non-hydrogen) atoms. The molecule has 0 atom stereocenters. The third-order valence-electron chi connectivity index (χ3n) is 4.43. The highest BCUT2D eigenvalue weighted by Gasteiger charge is 2.26. The zero-order valence-corrected chi connectivity index (χ0v) is 17.4. The third-order valence-corrected chi connectivity index (χ3v) is 4.43. The summed E-state index contributed by atoms with van der Waals surface area (Å²) < 4.78 is 1.87. The number of aromatic nitrogens is 2. The zero-order valence-electron chi connectivity index (χ0n) is 16.6. The van der Waals surface area contributed by atoms with Crippen LogP contribution in [0.2, 0.25) is 0 Å². The van der Waals surface area contributed by atoms with E-state index >= 15 is 0 Å². The van der Waals surface area contributed by atoms with E-state index in [1.54, 1.807) is 11.1 Å². The molecule has 1 amide bonds. The molecule has 144 valence electrons. The Morgan fingerprint density at radius 1 is 1.27 bits per heavy atom. The minimum absolute atomic E-state index is 0. The van der Waals surface area contributed by atoms with Crippen LogP contribution in [-0.2, 0) is 0 Å². The van der Waals surface area contributed by atoms with Crippen molar-refractivity contribution in [1.82, 2.24) is 14.7 Å². The van der Waals surface area contributed by atoms with Gasteiger partial charge in [-0.2, -0.15) is 5.10 Å². The van der Waals surface area contributed by atoms with E-state index in [0.29, 0.717) is 18.7 Å². The number of aryl methyl sites for hydroxylation is 1. The molecule has 1 aromatic carbocycles. The summed E-state index contributed by atoms with van der Waals surface area (Å²) in [5.41, 5.74) is 9.46. The van der Waals surface area contributed by atoms with E-state index in [-0.39, 0.29) is 29.6 Å². The predicted octanol–water partition coefficient (Wildman–Crippen LogP) is 3.78. The molecule has 0 aliphatic rings. The van der Waals surface area contributed by atoms with Crippen LogP contribution in [0.1, 0.15) is 55.2 Å². The van der Waals surface area contributed by atoms with E-state index in [9.17, 15) is 4.79 Å². The number of nitrogens with zero attached hydrogens (tertiary/aromatic N) is 3. The Kier molecular flexibility index (Phi) is 7.42. The van der Waals surface area contributed by atoms with Gasteiger partial charge in [0, 0.05) is 13.6 Å². The van der Waals surface area contributed by atoms with Gasteiger partial charge in [-0.05, 0) is 36.9 Å². The molecule has 2 N–H and O–H groups in total. The van der Waals surface area contributed by atoms with Crippen LogP contribution in [0.25, 0.3) is 5.69 Å². The standard InChI is InChI=1S/C20H30N4O.ClH/c1-14(2)18-17(19(25)23(6)13-20(4,5)12-21)11-22-24(18)16-9-7-15(3)8-10-16;/h7-11,14H,12-13,21H2,1-6H3;1H. The van der Waals surface area contributed by atoms with Gasteiger partial charge < -0.3 is 10.6 Å². The summed E-state index contributed by atoms with van der Waals surface area (Å²) in [7, 11) is 1.83. The van der Waals surface area contributed by atoms with E-state index in [2.05, 4.69) is 51.9 Å². The summed E-state index contributed by atoms with van der Waals surface area (Å²) in [4.78, 5) is 14.7. The molecule has 0 bridgehead atoms. The quantitative estimate of drug-likeness (QED) is 0.831. The lowest BCUT2D eigenvalue weighted by Crippen LogP contribution is -2.40. The summed E-state index contributed by atoms with van der Waals surface area (Å²) >= 11 is 0. The van der Waals surface area contributed by atoms with Gasteiger partial charge >= 0.3 is 0 Å². The third kappa shape index (κ3) is 4.86. The Morgan fingerprint density at radius 3 is 2.35 bits per heavy atom. The predicted molar refractivity (Wildman–Crippen MR) is 109 cm³/mol. The average Bonchev–Trinajstić information content (AvgIpc) is 2.99. The average molecular weight is 379 g/mol. The molecule has 1 heterocycles. The van der Waals surface area contributed by atoms with Crippen LogP contribution in [-0.4, -0.2) is 40.7 Å². The fraction of sp³-hybridized carbons (Fsp3) is 0.500. The van der Waals surface area contributed by atoms with Crippen molar-refractivity contribution in [3.05, 3.63) is 47.3 Å². The van der Waals surface area contributed by atoms with Crippen molar-refractivity contribution < 1.29 is 4.79 Å². The first-order valence-electron chi connectivity index (χ1n) is 8.77. The van der Waals surface area contributed by atoms with Crippen LogP contribution < -0.4 is 5.73 Å². The molecule has 1 aromatic heterocycles. The van der Waals surface area contributed by atoms with Gasteiger partial charge in [0.1, 0.15) is 0 Å². The topological polar surface area (TPSA) is 64.2 Å². The summed E-state index contributed by atoms with van der Waals surface area (Å²) in [6.45, 7) is 11.5. The lowest BCUT2D eigenvalue weighted by atomic mass is 9.93. The van der Waals surface area contributed by atoms with Crippen molar-refractivity contribution >= 4 is 18.3 Å². The van der Waals surface area contributed by atoms with Crippen molar-refractivity contribution in [3.8, 4) is 5.69 Å². The van der Waals surface area contributed by atoms with Crippen molar-refractivity contribution in [1.29, 1.82) is 0 Å². The number of halogens is 1. The summed E-state index contributed by atoms with van der Waals surface area (Å²) in [6.07, 6.45) is 1.68. The van der Waals surface area contributed by atoms with Crippen LogP contribution in [0, 0.1) is 12.3 Å². The minimum Gasteiger partial charge on any atom is -0.341 e. The Balaban J connectivity index is 0.00000338. The van der Waals surface area contributed by atoms with Crippen molar-refractivity contribution in [2.45, 2.75) is 40.5 Å². The smallest absolute Gasteiger partial charge is 0.257 e. The highest BCUT2D eigenvalue weighted by Crippen LogP contribution is 2.25. The van der Waals surface area contributed by atoms with E-state index in [4.69, 9.17) is 5.73 Å². The van der Waals surface area contributed by atoms with Gasteiger partial charge in [0.05, 0.1) is 23.1 Å². The fourth-order valence-electron chi connectivity index (χ4n) is 2.95. The first-order valence-corrected chi connectivity index (χ1v) is 8.77. The second kappa shape index (κ2) is 8.69. The van der Waals surface area contributed by atoms with E-state index in [0.717, 1.165) is 11.4 Å². The maximum absolute atomic E-state index is 13.0. The van der Waals surface area contributed by atoms with E-state index in [1.165, 1.54) is 5.56 Å². The normalized spacial score (nSPS) is 11.4. The number of amides is 1. The summed E-state index contributed by atoms with van der Waals surface area (Å²) in [5.74, 6) is 0.169. The molecule has 0 aliphatic heterocycles. The second-order valence-electron chi connectivity index (χ2n) is 7.88. The molecule has 2 rings (SSSR count). The molecule has 0 radical (unpaired) electrons. The second-order valence-corrected chi connectivity index (χ2v) is 7.88. The van der Waals surface area contributed by atoms with Crippen LogP contribution >= 0.6 is 12.4 Å². The number of carbonyl (C=O) groups excluding carboxylic acids is 1. The molecule has 0 saturated heterocycles. The van der Waals surface area contributed by atoms with Crippen LogP contribution in [0.3, 0.4) is 0 Å². The molecule has 0 spiro atoms. The first-order chi connectivity index (χ1) is 11.7. The van der Waals surface area contributed by atoms with Gasteiger partial charge in [-0.25, -0.2) is 4.68 Å². The summed E-state index contributed by atoms with van der Waals surface area (Å²) in [6, 6.07) is 8.17. The number of nitrogens with two attached hydrogens (primary N) is 1. The van der Waals surface area contributed by atoms with Gasteiger partial charge in [0.2, 0.25) is 0 Å². The minimum atomic E-state index is -0.116. The Labute approximate surface area is 163 Å². The van der Waals surface area contributed by atoms with E-state index in [1.807, 2.05) is 23.9 Å². The Bertz CT molecular complexity index is 735. The molecule has 0 fully saturated rings. The number of benzene rings is 1. The molecule has 0 unspecified atom stereocenters. The van der Waals surface area contributed by atoms with Crippen LogP contribution in [0.15, 0.2) is 30.5 Å². The molecule has 6 heteroatoms. The lowest BCUT2D eigenvalue weighted by molar-refractivity contribution is 0.0739. The molecular weight excluding hydrogens is 348 g/mol. The van der Waals surface area contributed by atoms with Crippen molar-refractivity contribution in [2.75, 3.05) is 20.1 Å². The van der Waals surface area contributed by atoms with Crippen LogP contribution in [0.4, 0.5) is 0 Å². The SMILES string of the molecule is Cc1ccc(-n2ncc(C(=O)N(C)CC(C)(C)CN)c2C(C)C)cc1.Cl. The maximum atomic E-state index is 13.0. The van der Waals surface area contributed by atoms with Gasteiger partial charge in [-0.3, -0.25) is 4.79 Å². The first kappa shape index (κ1) is 22.2. The molecule has 2 aromatic rings. The molecular formula is C20H31ClN4O. The fourth-order valence-corrected chi connectivity index (χ4v) is 2.95. The van der Waals surface area contributed by atoms with Gasteiger partial charge in [0.25, 0.3) is 5.91 Å². The maximum Gasteiger partial charge on any atom is 0.257 e. The number of hydrogen-bond donors (Lipinski definition) is 1. The Morgan fingerprint density at radius 2 is 1.85 bits per heavy atom. The van der Waals surface area contributed by atoms with Gasteiger partial charge in [-0.1, -0.05) is 45.4 Å². The number of carbonyl (C=O) groups is 1. The van der Waals surface area contributed by atoms with Gasteiger partial charge in [0.15, 0.2) is 0 Å². The largest absolute Gasteiger partial charge is 0.341 e. The molecule has 0 aliphatic carbocycles. The van der Waals surface area contributed by atoms with Crippen molar-refractivity contribution in [3.63, 3.8) is 0 Å². The highest BCUT2D eigenvalue weighted by molar-refractivity contribution is 5.95. The monoisotopic (exact) mass is 378 g/mol. The van der Waals surface area contributed by atoms with E-state index < -0.39 is 0 Å². The number of rotatable bonds is 6. The lowest BCUT2D eigenvalue weighted by Gasteiger charge is -2.29. The molecule has 5 nitrogen and oxygen atoms in total. The van der Waals surface area contributed by atoms with Gasteiger partial charge in [-0.15, -0.1) is 12.4 Å². The summed E-state index contributed by atoms with van der Waals surface area (Å²) in [5, 5.41) is 4.50. The van der Waals surface area contributed by atoms with Crippen molar-refractivity contribution in [2.24, 2.45) is 11.1 Å². The molecule has 0 saturated carbocycles. The van der Waals surface area contributed by atoms with Crippen LogP contribution in [0.5, 0.6) is 0 Å². The Hall–Kier alpha value is -1.85.